The highest BCUT2D eigenvalue weighted by Gasteiger charge is 2.12. The molecule has 0 amide bonds. The fourth-order valence-electron chi connectivity index (χ4n) is 8.00. The maximum Gasteiger partial charge on any atom is 0.0723 e. The normalized spacial score (nSPS) is 12.2. The van der Waals surface area contributed by atoms with E-state index in [-0.39, 0.29) is 0 Å². The summed E-state index contributed by atoms with van der Waals surface area (Å²) in [5.41, 5.74) is 6.28. The van der Waals surface area contributed by atoms with Crippen molar-refractivity contribution in [2.75, 3.05) is 0 Å². The SMILES string of the molecule is N=C(/C=C(\N=Cc1c2ccccc2cc2c1ccc1ccccc12)c1ccc2c(ccc3c4ccccc4ccc23)c1)c1ccc(-c2ccccc2)cc1. The van der Waals surface area contributed by atoms with E-state index in [0.29, 0.717) is 5.71 Å². The van der Waals surface area contributed by atoms with E-state index in [1.54, 1.807) is 0 Å². The summed E-state index contributed by atoms with van der Waals surface area (Å²) in [6.45, 7) is 0. The second-order valence-electron chi connectivity index (χ2n) is 13.9. The molecule has 0 radical (unpaired) electrons. The fourth-order valence-corrected chi connectivity index (χ4v) is 8.00. The third-order valence-electron chi connectivity index (χ3n) is 10.8. The molecule has 0 unspecified atom stereocenters. The topological polar surface area (TPSA) is 36.2 Å². The van der Waals surface area contributed by atoms with Crippen molar-refractivity contribution in [2.24, 2.45) is 4.99 Å². The molecule has 10 aromatic carbocycles. The fraction of sp³-hybridized carbons (Fsp3) is 0. The number of rotatable bonds is 6. The molecular formula is C52H34N2. The van der Waals surface area contributed by atoms with E-state index in [0.717, 1.165) is 49.7 Å². The molecule has 54 heavy (non-hydrogen) atoms. The zero-order valence-corrected chi connectivity index (χ0v) is 29.5. The first-order valence-corrected chi connectivity index (χ1v) is 18.4. The number of nitrogens with zero attached hydrogens (tertiary/aromatic N) is 1. The maximum absolute atomic E-state index is 9.32. The zero-order valence-electron chi connectivity index (χ0n) is 29.5. The Balaban J connectivity index is 1.13. The van der Waals surface area contributed by atoms with Crippen LogP contribution in [0.25, 0.3) is 81.5 Å². The minimum atomic E-state index is 0.403. The number of benzene rings is 10. The van der Waals surface area contributed by atoms with Crippen LogP contribution in [0.2, 0.25) is 0 Å². The Hall–Kier alpha value is -7.16. The Morgan fingerprint density at radius 1 is 0.370 bits per heavy atom. The van der Waals surface area contributed by atoms with E-state index in [1.165, 1.54) is 48.5 Å². The molecule has 0 bridgehead atoms. The first kappa shape index (κ1) is 31.6. The molecule has 0 aliphatic rings. The van der Waals surface area contributed by atoms with E-state index in [2.05, 4.69) is 170 Å². The lowest BCUT2D eigenvalue weighted by molar-refractivity contribution is 1.47. The molecule has 2 nitrogen and oxygen atoms in total. The predicted octanol–water partition coefficient (Wildman–Crippen LogP) is 13.8. The van der Waals surface area contributed by atoms with Gasteiger partial charge in [-0.25, -0.2) is 0 Å². The molecule has 10 aromatic rings. The van der Waals surface area contributed by atoms with E-state index in [4.69, 9.17) is 4.99 Å². The molecule has 0 fully saturated rings. The number of aliphatic imine (C=N–C) groups is 1. The number of hydrogen-bond donors (Lipinski definition) is 1. The Bertz CT molecular complexity index is 3150. The Labute approximate surface area is 313 Å². The zero-order chi connectivity index (χ0) is 36.0. The van der Waals surface area contributed by atoms with Crippen LogP contribution in [0.5, 0.6) is 0 Å². The molecule has 0 aliphatic carbocycles. The second kappa shape index (κ2) is 13.1. The number of nitrogens with one attached hydrogen (secondary N) is 1. The summed E-state index contributed by atoms with van der Waals surface area (Å²) < 4.78 is 0. The molecular weight excluding hydrogens is 653 g/mol. The lowest BCUT2D eigenvalue weighted by Gasteiger charge is -2.12. The van der Waals surface area contributed by atoms with Crippen molar-refractivity contribution in [3.63, 3.8) is 0 Å². The van der Waals surface area contributed by atoms with Crippen LogP contribution in [-0.4, -0.2) is 11.9 Å². The molecule has 0 aromatic heterocycles. The van der Waals surface area contributed by atoms with Crippen molar-refractivity contribution in [3.05, 3.63) is 211 Å². The third-order valence-corrected chi connectivity index (χ3v) is 10.8. The van der Waals surface area contributed by atoms with E-state index in [1.807, 2.05) is 30.5 Å². The summed E-state index contributed by atoms with van der Waals surface area (Å²) in [7, 11) is 0. The molecule has 0 aliphatic heterocycles. The van der Waals surface area contributed by atoms with Crippen LogP contribution in [0.4, 0.5) is 0 Å². The van der Waals surface area contributed by atoms with Gasteiger partial charge in [0.2, 0.25) is 0 Å². The highest BCUT2D eigenvalue weighted by molar-refractivity contribution is 6.21. The van der Waals surface area contributed by atoms with Gasteiger partial charge in [0.15, 0.2) is 0 Å². The molecule has 0 heterocycles. The molecule has 0 saturated carbocycles. The Morgan fingerprint density at radius 3 is 1.59 bits per heavy atom. The minimum Gasteiger partial charge on any atom is -0.300 e. The van der Waals surface area contributed by atoms with Crippen LogP contribution in [0.3, 0.4) is 0 Å². The predicted molar refractivity (Wildman–Crippen MR) is 232 cm³/mol. The van der Waals surface area contributed by atoms with Crippen LogP contribution >= 0.6 is 0 Å². The van der Waals surface area contributed by atoms with Gasteiger partial charge < -0.3 is 5.41 Å². The number of fused-ring (bicyclic) bond motifs is 9. The Morgan fingerprint density at radius 2 is 0.870 bits per heavy atom. The highest BCUT2D eigenvalue weighted by Crippen LogP contribution is 2.35. The lowest BCUT2D eigenvalue weighted by atomic mass is 9.93. The van der Waals surface area contributed by atoms with Gasteiger partial charge in [0.1, 0.15) is 0 Å². The summed E-state index contributed by atoms with van der Waals surface area (Å²) in [5, 5.41) is 23.7. The average Bonchev–Trinajstić information content (AvgIpc) is 3.24. The third kappa shape index (κ3) is 5.53. The minimum absolute atomic E-state index is 0.403. The first-order chi connectivity index (χ1) is 26.7. The van der Waals surface area contributed by atoms with Gasteiger partial charge in [0, 0.05) is 17.3 Å². The standard InChI is InChI=1S/C52H34N2/c53-51(38-20-18-35(19-21-38)34-10-2-1-3-11-34)32-52(41-25-26-45-40(30-41)24-29-46-42-15-7-4-12-36(42)22-27-47(45)46)54-33-50-44-17-9-6-14-39(44)31-49-43-16-8-5-13-37(43)23-28-48(49)50/h1-33,53H/b52-32-,53-51?,54-33?. The van der Waals surface area contributed by atoms with Gasteiger partial charge >= 0.3 is 0 Å². The molecule has 10 rings (SSSR count). The number of allylic oxidation sites excluding steroid dienone is 1. The van der Waals surface area contributed by atoms with Crippen molar-refractivity contribution in [1.29, 1.82) is 5.41 Å². The van der Waals surface area contributed by atoms with Crippen molar-refractivity contribution < 1.29 is 0 Å². The van der Waals surface area contributed by atoms with Gasteiger partial charge in [0.05, 0.1) is 11.4 Å². The lowest BCUT2D eigenvalue weighted by Crippen LogP contribution is -1.97. The summed E-state index contributed by atoms with van der Waals surface area (Å²) in [4.78, 5) is 5.28. The van der Waals surface area contributed by atoms with Crippen LogP contribution in [0.1, 0.15) is 16.7 Å². The Kier molecular flexibility index (Phi) is 7.66. The van der Waals surface area contributed by atoms with E-state index < -0.39 is 0 Å². The monoisotopic (exact) mass is 686 g/mol. The van der Waals surface area contributed by atoms with Gasteiger partial charge in [-0.1, -0.05) is 176 Å². The van der Waals surface area contributed by atoms with Crippen LogP contribution in [0, 0.1) is 5.41 Å². The van der Waals surface area contributed by atoms with Gasteiger partial charge in [-0.2, -0.15) is 0 Å². The van der Waals surface area contributed by atoms with E-state index in [9.17, 15) is 5.41 Å². The van der Waals surface area contributed by atoms with Crippen molar-refractivity contribution in [1.82, 2.24) is 0 Å². The van der Waals surface area contributed by atoms with Crippen LogP contribution in [-0.2, 0) is 0 Å². The van der Waals surface area contributed by atoms with Gasteiger partial charge in [-0.3, -0.25) is 4.99 Å². The summed E-state index contributed by atoms with van der Waals surface area (Å²) >= 11 is 0. The highest BCUT2D eigenvalue weighted by atomic mass is 14.7. The van der Waals surface area contributed by atoms with Crippen LogP contribution < -0.4 is 0 Å². The van der Waals surface area contributed by atoms with Gasteiger partial charge in [-0.05, 0) is 99.5 Å². The molecule has 252 valence electrons. The van der Waals surface area contributed by atoms with Crippen molar-refractivity contribution in [3.8, 4) is 11.1 Å². The maximum atomic E-state index is 9.32. The quantitative estimate of drug-likeness (QED) is 0.103. The van der Waals surface area contributed by atoms with Gasteiger partial charge in [0.25, 0.3) is 0 Å². The summed E-state index contributed by atoms with van der Waals surface area (Å²) in [5.74, 6) is 0. The molecule has 2 heteroatoms. The smallest absolute Gasteiger partial charge is 0.0723 e. The molecule has 0 spiro atoms. The summed E-state index contributed by atoms with van der Waals surface area (Å²) in [6, 6.07) is 66.5. The second-order valence-corrected chi connectivity index (χ2v) is 13.9. The van der Waals surface area contributed by atoms with E-state index >= 15 is 0 Å². The molecule has 0 saturated heterocycles. The average molecular weight is 687 g/mol. The molecule has 0 atom stereocenters. The molecule has 1 N–H and O–H groups in total. The van der Waals surface area contributed by atoms with Crippen molar-refractivity contribution in [2.45, 2.75) is 0 Å². The number of hydrogen-bond acceptors (Lipinski definition) is 2. The van der Waals surface area contributed by atoms with Crippen LogP contribution in [0.15, 0.2) is 199 Å². The largest absolute Gasteiger partial charge is 0.300 e. The summed E-state index contributed by atoms with van der Waals surface area (Å²) in [6.07, 6.45) is 3.92. The van der Waals surface area contributed by atoms with Gasteiger partial charge in [-0.15, -0.1) is 0 Å². The van der Waals surface area contributed by atoms with Crippen molar-refractivity contribution >= 4 is 82.3 Å². The first-order valence-electron chi connectivity index (χ1n) is 18.4.